The fourth-order valence-corrected chi connectivity index (χ4v) is 1.99. The van der Waals surface area contributed by atoms with Gasteiger partial charge >= 0.3 is 0 Å². The number of nitrogens with one attached hydrogen (secondary N) is 1. The summed E-state index contributed by atoms with van der Waals surface area (Å²) in [4.78, 5) is 0. The number of rotatable bonds is 6. The van der Waals surface area contributed by atoms with E-state index in [1.807, 2.05) is 18.2 Å². The first-order valence-electron chi connectivity index (χ1n) is 6.61. The van der Waals surface area contributed by atoms with Gasteiger partial charge in [0.05, 0.1) is 13.2 Å². The molecule has 2 rings (SSSR count). The average molecular weight is 247 g/mol. The Balaban J connectivity index is 1.93. The van der Waals surface area contributed by atoms with Crippen molar-refractivity contribution in [2.75, 3.05) is 19.8 Å². The summed E-state index contributed by atoms with van der Waals surface area (Å²) >= 11 is 0. The van der Waals surface area contributed by atoms with E-state index < -0.39 is 0 Å². The van der Waals surface area contributed by atoms with Crippen molar-refractivity contribution in [2.45, 2.75) is 25.8 Å². The zero-order valence-corrected chi connectivity index (χ0v) is 10.8. The molecule has 3 heteroatoms. The van der Waals surface area contributed by atoms with E-state index in [2.05, 4.69) is 18.0 Å². The lowest BCUT2D eigenvalue weighted by molar-refractivity contribution is 0.296. The van der Waals surface area contributed by atoms with Crippen LogP contribution in [0.25, 0.3) is 0 Å². The second-order valence-electron chi connectivity index (χ2n) is 4.40. The molecule has 1 aromatic rings. The van der Waals surface area contributed by atoms with Crippen LogP contribution in [0.4, 0.5) is 0 Å². The number of fused-ring (bicyclic) bond motifs is 1. The minimum atomic E-state index is 0.737. The highest BCUT2D eigenvalue weighted by molar-refractivity contribution is 5.46. The topological polar surface area (TPSA) is 30.5 Å². The van der Waals surface area contributed by atoms with Gasteiger partial charge in [-0.3, -0.25) is 0 Å². The van der Waals surface area contributed by atoms with Crippen LogP contribution in [0.3, 0.4) is 0 Å². The molecule has 3 nitrogen and oxygen atoms in total. The molecular formula is C15H21NO2. The molecule has 0 fully saturated rings. The maximum Gasteiger partial charge on any atom is 0.165 e. The maximum absolute atomic E-state index is 5.78. The zero-order chi connectivity index (χ0) is 12.6. The van der Waals surface area contributed by atoms with Gasteiger partial charge in [0.2, 0.25) is 0 Å². The molecule has 0 bridgehead atoms. The van der Waals surface area contributed by atoms with Crippen LogP contribution in [0, 0.1) is 0 Å². The summed E-state index contributed by atoms with van der Waals surface area (Å²) < 4.78 is 11.4. The normalized spacial score (nSPS) is 14.0. The number of para-hydroxylation sites is 1. The third kappa shape index (κ3) is 3.50. The lowest BCUT2D eigenvalue weighted by atomic mass is 10.2. The fourth-order valence-electron chi connectivity index (χ4n) is 1.99. The lowest BCUT2D eigenvalue weighted by Gasteiger charge is -2.12. The molecule has 18 heavy (non-hydrogen) atoms. The zero-order valence-electron chi connectivity index (χ0n) is 10.8. The SMILES string of the molecule is C=CCCCNCc1cccc2c1OCCCO2. The van der Waals surface area contributed by atoms with Gasteiger partial charge in [0.15, 0.2) is 11.5 Å². The van der Waals surface area contributed by atoms with Crippen LogP contribution in [-0.4, -0.2) is 19.8 Å². The van der Waals surface area contributed by atoms with Crippen LogP contribution >= 0.6 is 0 Å². The van der Waals surface area contributed by atoms with Crippen molar-refractivity contribution in [1.82, 2.24) is 5.32 Å². The monoisotopic (exact) mass is 247 g/mol. The summed E-state index contributed by atoms with van der Waals surface area (Å²) in [7, 11) is 0. The lowest BCUT2D eigenvalue weighted by Crippen LogP contribution is -2.15. The van der Waals surface area contributed by atoms with Gasteiger partial charge in [-0.25, -0.2) is 0 Å². The van der Waals surface area contributed by atoms with E-state index in [1.165, 1.54) is 5.56 Å². The minimum absolute atomic E-state index is 0.737. The molecule has 0 aromatic heterocycles. The van der Waals surface area contributed by atoms with Crippen molar-refractivity contribution in [2.24, 2.45) is 0 Å². The van der Waals surface area contributed by atoms with E-state index in [9.17, 15) is 0 Å². The van der Waals surface area contributed by atoms with Gasteiger partial charge in [-0.15, -0.1) is 6.58 Å². The molecule has 98 valence electrons. The molecule has 0 aliphatic carbocycles. The standard InChI is InChI=1S/C15H21NO2/c1-2-3-4-9-16-12-13-7-5-8-14-15(13)18-11-6-10-17-14/h2,5,7-8,16H,1,3-4,6,9-12H2. The number of hydrogen-bond donors (Lipinski definition) is 1. The average Bonchev–Trinajstić information content (AvgIpc) is 2.64. The Hall–Kier alpha value is -1.48. The Morgan fingerprint density at radius 2 is 2.17 bits per heavy atom. The van der Waals surface area contributed by atoms with Crippen molar-refractivity contribution in [3.8, 4) is 11.5 Å². The van der Waals surface area contributed by atoms with Gasteiger partial charge in [-0.05, 0) is 25.5 Å². The molecule has 0 saturated heterocycles. The van der Waals surface area contributed by atoms with Gasteiger partial charge < -0.3 is 14.8 Å². The van der Waals surface area contributed by atoms with Gasteiger partial charge in [0.25, 0.3) is 0 Å². The molecule has 0 atom stereocenters. The van der Waals surface area contributed by atoms with Crippen molar-refractivity contribution in [3.63, 3.8) is 0 Å². The van der Waals surface area contributed by atoms with Crippen LogP contribution in [0.2, 0.25) is 0 Å². The molecule has 0 radical (unpaired) electrons. The molecule has 1 N–H and O–H groups in total. The first kappa shape index (κ1) is 13.0. The molecule has 0 spiro atoms. The summed E-state index contributed by atoms with van der Waals surface area (Å²) in [6, 6.07) is 6.09. The van der Waals surface area contributed by atoms with Crippen LogP contribution in [-0.2, 0) is 6.54 Å². The Morgan fingerprint density at radius 3 is 3.06 bits per heavy atom. The van der Waals surface area contributed by atoms with Gasteiger partial charge in [-0.1, -0.05) is 18.2 Å². The molecule has 1 heterocycles. The third-order valence-corrected chi connectivity index (χ3v) is 2.93. The van der Waals surface area contributed by atoms with Crippen molar-refractivity contribution >= 4 is 0 Å². The molecule has 1 aromatic carbocycles. The maximum atomic E-state index is 5.78. The smallest absolute Gasteiger partial charge is 0.165 e. The van der Waals surface area contributed by atoms with E-state index in [-0.39, 0.29) is 0 Å². The van der Waals surface area contributed by atoms with E-state index in [0.29, 0.717) is 0 Å². The first-order chi connectivity index (χ1) is 8.92. The Bertz CT molecular complexity index is 390. The summed E-state index contributed by atoms with van der Waals surface area (Å²) in [5, 5.41) is 3.42. The van der Waals surface area contributed by atoms with Crippen LogP contribution < -0.4 is 14.8 Å². The summed E-state index contributed by atoms with van der Waals surface area (Å²) in [5.74, 6) is 1.78. The number of ether oxygens (including phenoxy) is 2. The third-order valence-electron chi connectivity index (χ3n) is 2.93. The summed E-state index contributed by atoms with van der Waals surface area (Å²) in [6.45, 7) is 7.02. The molecule has 1 aliphatic heterocycles. The Kier molecular flexibility index (Phi) is 5.09. The number of unbranched alkanes of at least 4 members (excludes halogenated alkanes) is 1. The fraction of sp³-hybridized carbons (Fsp3) is 0.467. The molecule has 0 amide bonds. The van der Waals surface area contributed by atoms with Crippen LogP contribution in [0.1, 0.15) is 24.8 Å². The Morgan fingerprint density at radius 1 is 1.28 bits per heavy atom. The highest BCUT2D eigenvalue weighted by atomic mass is 16.5. The highest BCUT2D eigenvalue weighted by Crippen LogP contribution is 2.32. The molecule has 0 unspecified atom stereocenters. The second kappa shape index (κ2) is 7.07. The predicted molar refractivity (Wildman–Crippen MR) is 73.2 cm³/mol. The second-order valence-corrected chi connectivity index (χ2v) is 4.40. The van der Waals surface area contributed by atoms with Crippen molar-refractivity contribution in [1.29, 1.82) is 0 Å². The van der Waals surface area contributed by atoms with Gasteiger partial charge in [0, 0.05) is 18.5 Å². The van der Waals surface area contributed by atoms with E-state index >= 15 is 0 Å². The van der Waals surface area contributed by atoms with E-state index in [0.717, 1.165) is 57.1 Å². The molecule has 1 aliphatic rings. The van der Waals surface area contributed by atoms with Crippen LogP contribution in [0.5, 0.6) is 11.5 Å². The van der Waals surface area contributed by atoms with Crippen molar-refractivity contribution in [3.05, 3.63) is 36.4 Å². The number of benzene rings is 1. The van der Waals surface area contributed by atoms with E-state index in [1.54, 1.807) is 0 Å². The summed E-state index contributed by atoms with van der Waals surface area (Å²) in [5.41, 5.74) is 1.17. The molecular weight excluding hydrogens is 226 g/mol. The van der Waals surface area contributed by atoms with E-state index in [4.69, 9.17) is 9.47 Å². The van der Waals surface area contributed by atoms with Crippen molar-refractivity contribution < 1.29 is 9.47 Å². The highest BCUT2D eigenvalue weighted by Gasteiger charge is 2.13. The van der Waals surface area contributed by atoms with Gasteiger partial charge in [0.1, 0.15) is 0 Å². The quantitative estimate of drug-likeness (QED) is 0.619. The van der Waals surface area contributed by atoms with Gasteiger partial charge in [-0.2, -0.15) is 0 Å². The van der Waals surface area contributed by atoms with Crippen LogP contribution in [0.15, 0.2) is 30.9 Å². The minimum Gasteiger partial charge on any atom is -0.490 e. The molecule has 0 saturated carbocycles. The predicted octanol–water partition coefficient (Wildman–Crippen LogP) is 2.90. The summed E-state index contributed by atoms with van der Waals surface area (Å²) in [6.07, 6.45) is 5.07. The first-order valence-corrected chi connectivity index (χ1v) is 6.61. The Labute approximate surface area is 109 Å². The number of hydrogen-bond acceptors (Lipinski definition) is 3. The number of allylic oxidation sites excluding steroid dienone is 1. The largest absolute Gasteiger partial charge is 0.490 e.